The molecule has 3 atom stereocenters. The predicted octanol–water partition coefficient (Wildman–Crippen LogP) is 7.91. The molecule has 34 heavy (non-hydrogen) atoms. The van der Waals surface area contributed by atoms with Gasteiger partial charge >= 0.3 is 0 Å². The van der Waals surface area contributed by atoms with Crippen molar-refractivity contribution >= 4 is 13.9 Å². The first-order valence-corrected chi connectivity index (χ1v) is 13.5. The molecule has 3 heteroatoms. The number of rotatable bonds is 8. The van der Waals surface area contributed by atoms with E-state index in [4.69, 9.17) is 0 Å². The third-order valence-corrected chi connectivity index (χ3v) is 8.53. The summed E-state index contributed by atoms with van der Waals surface area (Å²) in [7, 11) is 0.415. The van der Waals surface area contributed by atoms with Crippen LogP contribution in [0.15, 0.2) is 66.7 Å². The maximum atomic E-state index is 11.6. The number of phenolic OH excluding ortho intramolecular Hbond substituents is 1. The van der Waals surface area contributed by atoms with E-state index in [1.54, 1.807) is 0 Å². The fourth-order valence-electron chi connectivity index (χ4n) is 4.71. The number of aromatic hydroxyl groups is 1. The first-order valence-electron chi connectivity index (χ1n) is 12.5. The molecule has 0 fully saturated rings. The van der Waals surface area contributed by atoms with Gasteiger partial charge < -0.3 is 10.2 Å². The standard InChI is InChI=1S/C31H41O2P/c1-8-18-31(7,26-20-23(21(2)3)19-25(29(26)33)30(4,5)6)34-27-17-13-12-16-24(27)28(32)22-14-10-9-11-15-22/h9-17,19-21,28,32-34H,8,18H2,1-7H3. The van der Waals surface area contributed by atoms with E-state index >= 15 is 0 Å². The Bertz CT molecular complexity index is 1100. The molecule has 3 aromatic carbocycles. The van der Waals surface area contributed by atoms with Crippen molar-refractivity contribution in [1.82, 2.24) is 0 Å². The van der Waals surface area contributed by atoms with Crippen molar-refractivity contribution in [2.24, 2.45) is 0 Å². The Kier molecular flexibility index (Phi) is 8.27. The molecule has 0 saturated heterocycles. The third kappa shape index (κ3) is 5.73. The van der Waals surface area contributed by atoms with Crippen LogP contribution >= 0.6 is 8.58 Å². The van der Waals surface area contributed by atoms with Crippen molar-refractivity contribution in [3.05, 3.63) is 94.5 Å². The first-order chi connectivity index (χ1) is 16.0. The lowest BCUT2D eigenvalue weighted by atomic mass is 9.80. The second-order valence-corrected chi connectivity index (χ2v) is 12.9. The van der Waals surface area contributed by atoms with Gasteiger partial charge in [-0.2, -0.15) is 0 Å². The molecule has 0 aliphatic carbocycles. The lowest BCUT2D eigenvalue weighted by Crippen LogP contribution is -2.24. The van der Waals surface area contributed by atoms with Crippen molar-refractivity contribution in [3.63, 3.8) is 0 Å². The molecule has 0 aliphatic heterocycles. The average Bonchev–Trinajstić information content (AvgIpc) is 2.79. The van der Waals surface area contributed by atoms with Gasteiger partial charge in [-0.05, 0) is 45.3 Å². The molecule has 0 amide bonds. The summed E-state index contributed by atoms with van der Waals surface area (Å²) in [4.78, 5) is 0. The Morgan fingerprint density at radius 2 is 1.41 bits per heavy atom. The Morgan fingerprint density at radius 1 is 0.824 bits per heavy atom. The summed E-state index contributed by atoms with van der Waals surface area (Å²) in [6, 6.07) is 22.5. The zero-order valence-electron chi connectivity index (χ0n) is 21.8. The summed E-state index contributed by atoms with van der Waals surface area (Å²) >= 11 is 0. The summed E-state index contributed by atoms with van der Waals surface area (Å²) in [6.07, 6.45) is 1.31. The number of hydrogen-bond acceptors (Lipinski definition) is 2. The minimum atomic E-state index is -0.670. The Morgan fingerprint density at radius 3 is 2.00 bits per heavy atom. The molecule has 0 aromatic heterocycles. The van der Waals surface area contributed by atoms with Crippen molar-refractivity contribution < 1.29 is 10.2 Å². The molecule has 0 bridgehead atoms. The maximum Gasteiger partial charge on any atom is 0.123 e. The average molecular weight is 477 g/mol. The summed E-state index contributed by atoms with van der Waals surface area (Å²) in [5.41, 5.74) is 5.01. The first kappa shape index (κ1) is 26.5. The summed E-state index contributed by atoms with van der Waals surface area (Å²) in [5, 5.41) is 23.7. The fraction of sp³-hybridized carbons (Fsp3) is 0.419. The van der Waals surface area contributed by atoms with Crippen LogP contribution in [-0.4, -0.2) is 10.2 Å². The molecule has 0 aliphatic rings. The van der Waals surface area contributed by atoms with Crippen LogP contribution in [0.2, 0.25) is 0 Å². The molecule has 3 rings (SSSR count). The van der Waals surface area contributed by atoms with Crippen LogP contribution in [0.25, 0.3) is 0 Å². The van der Waals surface area contributed by atoms with Gasteiger partial charge in [-0.25, -0.2) is 0 Å². The van der Waals surface area contributed by atoms with Gasteiger partial charge in [-0.1, -0.05) is 130 Å². The number of benzene rings is 3. The number of aliphatic hydroxyl groups excluding tert-OH is 1. The van der Waals surface area contributed by atoms with E-state index < -0.39 is 6.10 Å². The second kappa shape index (κ2) is 10.6. The molecular weight excluding hydrogens is 435 g/mol. The molecule has 182 valence electrons. The lowest BCUT2D eigenvalue weighted by molar-refractivity contribution is 0.221. The Labute approximate surface area is 208 Å². The molecule has 0 radical (unpaired) electrons. The molecule has 0 spiro atoms. The van der Waals surface area contributed by atoms with Gasteiger partial charge in [-0.3, -0.25) is 0 Å². The molecule has 2 nitrogen and oxygen atoms in total. The number of hydrogen-bond donors (Lipinski definition) is 2. The molecule has 3 aromatic rings. The number of phenols is 1. The van der Waals surface area contributed by atoms with Gasteiger partial charge in [-0.15, -0.1) is 0 Å². The smallest absolute Gasteiger partial charge is 0.123 e. The van der Waals surface area contributed by atoms with Gasteiger partial charge in [0.25, 0.3) is 0 Å². The highest BCUT2D eigenvalue weighted by atomic mass is 31.1. The van der Waals surface area contributed by atoms with E-state index in [1.165, 1.54) is 5.56 Å². The van der Waals surface area contributed by atoms with E-state index in [0.29, 0.717) is 20.2 Å². The van der Waals surface area contributed by atoms with Gasteiger partial charge in [0.15, 0.2) is 0 Å². The Balaban J connectivity index is 2.15. The predicted molar refractivity (Wildman–Crippen MR) is 148 cm³/mol. The van der Waals surface area contributed by atoms with Crippen LogP contribution in [0.1, 0.15) is 101 Å². The van der Waals surface area contributed by atoms with Crippen LogP contribution in [0.4, 0.5) is 0 Å². The van der Waals surface area contributed by atoms with Crippen molar-refractivity contribution in [1.29, 1.82) is 0 Å². The molecule has 2 N–H and O–H groups in total. The highest BCUT2D eigenvalue weighted by molar-refractivity contribution is 7.48. The van der Waals surface area contributed by atoms with Gasteiger partial charge in [0.1, 0.15) is 11.9 Å². The quantitative estimate of drug-likeness (QED) is 0.324. The lowest BCUT2D eigenvalue weighted by Gasteiger charge is -2.35. The minimum absolute atomic E-state index is 0.151. The van der Waals surface area contributed by atoms with Crippen LogP contribution in [0.5, 0.6) is 5.75 Å². The highest BCUT2D eigenvalue weighted by Gasteiger charge is 2.34. The van der Waals surface area contributed by atoms with Crippen LogP contribution < -0.4 is 5.30 Å². The van der Waals surface area contributed by atoms with Crippen molar-refractivity contribution in [2.75, 3.05) is 0 Å². The summed E-state index contributed by atoms with van der Waals surface area (Å²) in [6.45, 7) is 15.4. The van der Waals surface area contributed by atoms with E-state index in [1.807, 2.05) is 42.5 Å². The molecular formula is C31H41O2P. The SMILES string of the molecule is CCCC(C)(Pc1ccccc1C(O)c1ccccc1)c1cc(C(C)C)cc(C(C)(C)C)c1O. The Hall–Kier alpha value is -2.15. The highest BCUT2D eigenvalue weighted by Crippen LogP contribution is 2.51. The summed E-state index contributed by atoms with van der Waals surface area (Å²) in [5.74, 6) is 0.809. The van der Waals surface area contributed by atoms with Crippen molar-refractivity contribution in [2.45, 2.75) is 83.9 Å². The normalized spacial score (nSPS) is 15.1. The monoisotopic (exact) mass is 476 g/mol. The van der Waals surface area contributed by atoms with Gasteiger partial charge in [0.2, 0.25) is 0 Å². The minimum Gasteiger partial charge on any atom is -0.507 e. The third-order valence-electron chi connectivity index (χ3n) is 6.73. The van der Waals surface area contributed by atoms with Crippen LogP contribution in [0.3, 0.4) is 0 Å². The van der Waals surface area contributed by atoms with E-state index in [0.717, 1.165) is 40.4 Å². The maximum absolute atomic E-state index is 11.6. The fourth-order valence-corrected chi connectivity index (χ4v) is 6.55. The second-order valence-electron chi connectivity index (χ2n) is 11.0. The zero-order valence-corrected chi connectivity index (χ0v) is 22.8. The molecule has 3 unspecified atom stereocenters. The zero-order chi connectivity index (χ0) is 25.1. The van der Waals surface area contributed by atoms with Gasteiger partial charge in [0.05, 0.1) is 0 Å². The topological polar surface area (TPSA) is 40.5 Å². The van der Waals surface area contributed by atoms with Crippen molar-refractivity contribution in [3.8, 4) is 5.75 Å². The molecule has 0 saturated carbocycles. The van der Waals surface area contributed by atoms with Gasteiger partial charge in [0, 0.05) is 10.7 Å². The van der Waals surface area contributed by atoms with E-state index in [-0.39, 0.29) is 10.6 Å². The number of aliphatic hydroxyl groups is 1. The van der Waals surface area contributed by atoms with E-state index in [9.17, 15) is 10.2 Å². The van der Waals surface area contributed by atoms with Crippen LogP contribution in [-0.2, 0) is 10.6 Å². The summed E-state index contributed by atoms with van der Waals surface area (Å²) < 4.78 is 0. The largest absolute Gasteiger partial charge is 0.507 e. The van der Waals surface area contributed by atoms with Crippen LogP contribution in [0, 0.1) is 0 Å². The molecule has 0 heterocycles. The van der Waals surface area contributed by atoms with E-state index in [2.05, 4.69) is 72.7 Å².